The molecule has 0 aliphatic carbocycles. The number of nitrogens with one attached hydrogen (secondary N) is 5. The molecule has 0 spiro atoms. The van der Waals surface area contributed by atoms with Gasteiger partial charge < -0.3 is 54.0 Å². The number of rotatable bonds is 17. The first kappa shape index (κ1) is 31.2. The summed E-state index contributed by atoms with van der Waals surface area (Å²) in [7, 11) is 0. The topological polar surface area (TPSA) is 315 Å². The first-order valence-corrected chi connectivity index (χ1v) is 12.1. The summed E-state index contributed by atoms with van der Waals surface area (Å²) >= 11 is 0. The van der Waals surface area contributed by atoms with E-state index in [0.29, 0.717) is 11.4 Å². The van der Waals surface area contributed by atoms with Gasteiger partial charge in [0.05, 0.1) is 25.1 Å². The van der Waals surface area contributed by atoms with Crippen molar-refractivity contribution in [1.29, 1.82) is 0 Å². The Morgan fingerprint density at radius 2 is 1.40 bits per heavy atom. The van der Waals surface area contributed by atoms with Crippen molar-refractivity contribution in [2.75, 3.05) is 6.54 Å². The third kappa shape index (κ3) is 10.8. The number of carboxylic acids is 1. The number of primary amides is 1. The highest BCUT2D eigenvalue weighted by Crippen LogP contribution is 2.06. The summed E-state index contributed by atoms with van der Waals surface area (Å²) in [4.78, 5) is 79.1. The molecule has 2 heterocycles. The molecule has 40 heavy (non-hydrogen) atoms. The fraction of sp³-hybridized carbons (Fsp3) is 0.455. The van der Waals surface area contributed by atoms with E-state index in [0.717, 1.165) is 0 Å². The molecule has 0 saturated heterocycles. The number of aliphatic carboxylic acids is 1. The lowest BCUT2D eigenvalue weighted by molar-refractivity contribution is -0.143. The van der Waals surface area contributed by atoms with E-state index in [1.807, 2.05) is 0 Å². The van der Waals surface area contributed by atoms with Crippen molar-refractivity contribution >= 4 is 35.6 Å². The van der Waals surface area contributed by atoms with E-state index in [2.05, 4.69) is 40.9 Å². The van der Waals surface area contributed by atoms with Crippen molar-refractivity contribution in [3.63, 3.8) is 0 Å². The van der Waals surface area contributed by atoms with Gasteiger partial charge in [-0.3, -0.25) is 24.2 Å². The van der Waals surface area contributed by atoms with Crippen molar-refractivity contribution in [3.05, 3.63) is 36.4 Å². The second kappa shape index (κ2) is 15.4. The highest BCUT2D eigenvalue weighted by molar-refractivity contribution is 5.95. The molecule has 18 heteroatoms. The van der Waals surface area contributed by atoms with Crippen molar-refractivity contribution in [3.8, 4) is 0 Å². The number of aliphatic imine (C=N–C) groups is 1. The number of nitrogens with two attached hydrogens (primary N) is 4. The van der Waals surface area contributed by atoms with Crippen LogP contribution in [-0.4, -0.2) is 91.3 Å². The molecule has 4 atom stereocenters. The summed E-state index contributed by atoms with van der Waals surface area (Å²) in [5, 5.41) is 16.7. The smallest absolute Gasteiger partial charge is 0.326 e. The Kier molecular flexibility index (Phi) is 12.0. The summed E-state index contributed by atoms with van der Waals surface area (Å²) in [6.07, 6.45) is 5.40. The number of nitrogens with zero attached hydrogens (tertiary/aromatic N) is 3. The average Bonchev–Trinajstić information content (AvgIpc) is 3.58. The van der Waals surface area contributed by atoms with Gasteiger partial charge in [-0.05, 0) is 12.8 Å². The van der Waals surface area contributed by atoms with E-state index in [-0.39, 0.29) is 38.2 Å². The van der Waals surface area contributed by atoms with Crippen LogP contribution in [-0.2, 0) is 36.8 Å². The maximum Gasteiger partial charge on any atom is 0.326 e. The van der Waals surface area contributed by atoms with Crippen molar-refractivity contribution in [2.24, 2.45) is 27.9 Å². The van der Waals surface area contributed by atoms with E-state index < -0.39 is 60.2 Å². The number of imidazole rings is 2. The zero-order valence-corrected chi connectivity index (χ0v) is 21.5. The zero-order chi connectivity index (χ0) is 29.7. The molecule has 0 aliphatic rings. The Hall–Kier alpha value is -5.00. The molecule has 2 aromatic heterocycles. The van der Waals surface area contributed by atoms with Gasteiger partial charge in [-0.15, -0.1) is 0 Å². The van der Waals surface area contributed by atoms with Gasteiger partial charge in [-0.25, -0.2) is 14.8 Å². The monoisotopic (exact) mass is 562 g/mol. The van der Waals surface area contributed by atoms with E-state index in [9.17, 15) is 29.1 Å². The summed E-state index contributed by atoms with van der Waals surface area (Å²) in [5.41, 5.74) is 22.8. The summed E-state index contributed by atoms with van der Waals surface area (Å²) < 4.78 is 0. The van der Waals surface area contributed by atoms with Crippen LogP contribution >= 0.6 is 0 Å². The van der Waals surface area contributed by atoms with Crippen LogP contribution in [0.15, 0.2) is 30.0 Å². The lowest BCUT2D eigenvalue weighted by atomic mass is 10.1. The van der Waals surface area contributed by atoms with E-state index in [4.69, 9.17) is 22.9 Å². The number of hydrogen-bond donors (Lipinski definition) is 10. The van der Waals surface area contributed by atoms with Crippen LogP contribution in [0.2, 0.25) is 0 Å². The van der Waals surface area contributed by atoms with Gasteiger partial charge in [0.15, 0.2) is 5.96 Å². The van der Waals surface area contributed by atoms with E-state index in [1.165, 1.54) is 25.0 Å². The largest absolute Gasteiger partial charge is 0.480 e. The van der Waals surface area contributed by atoms with Crippen LogP contribution in [0.5, 0.6) is 0 Å². The normalized spacial score (nSPS) is 13.7. The van der Waals surface area contributed by atoms with Gasteiger partial charge in [-0.2, -0.15) is 0 Å². The molecule has 218 valence electrons. The Bertz CT molecular complexity index is 1160. The minimum Gasteiger partial charge on any atom is -0.480 e. The number of carbonyl (C=O) groups excluding carboxylic acids is 4. The number of H-pyrrole nitrogens is 2. The summed E-state index contributed by atoms with van der Waals surface area (Å²) in [6.45, 7) is 0.160. The standard InChI is InChI=1S/C22H34N12O6/c23-13(4-11-7-27-9-30-11)18(36)32-14(2-1-3-29-22(25)26)19(37)33-15(5-12-8-28-10-31-12)20(38)34-16(21(39)40)6-17(24)35/h7-10,13-16H,1-6,23H2,(H2,24,35)(H,27,30)(H,28,31)(H,32,36)(H,33,37)(H,34,38)(H,39,40)(H4,25,26,29). The fourth-order valence-electron chi connectivity index (χ4n) is 3.55. The molecule has 4 amide bonds. The molecular weight excluding hydrogens is 528 g/mol. The molecule has 18 nitrogen and oxygen atoms in total. The predicted octanol–water partition coefficient (Wildman–Crippen LogP) is -4.29. The third-order valence-electron chi connectivity index (χ3n) is 5.54. The van der Waals surface area contributed by atoms with Crippen molar-refractivity contribution < 1.29 is 29.1 Å². The lowest BCUT2D eigenvalue weighted by Gasteiger charge is -2.25. The predicted molar refractivity (Wildman–Crippen MR) is 140 cm³/mol. The molecule has 0 aromatic carbocycles. The minimum absolute atomic E-state index is 0.0724. The molecule has 0 bridgehead atoms. The van der Waals surface area contributed by atoms with Crippen LogP contribution in [0.1, 0.15) is 30.7 Å². The quantitative estimate of drug-likeness (QED) is 0.0499. The Balaban J connectivity index is 2.20. The molecule has 0 aliphatic heterocycles. The highest BCUT2D eigenvalue weighted by Gasteiger charge is 2.31. The number of amides is 4. The van der Waals surface area contributed by atoms with E-state index >= 15 is 0 Å². The van der Waals surface area contributed by atoms with Crippen LogP contribution in [0.25, 0.3) is 0 Å². The Labute approximate surface area is 228 Å². The molecule has 2 rings (SSSR count). The van der Waals surface area contributed by atoms with Crippen LogP contribution in [0.4, 0.5) is 0 Å². The zero-order valence-electron chi connectivity index (χ0n) is 21.5. The Morgan fingerprint density at radius 3 is 1.93 bits per heavy atom. The van der Waals surface area contributed by atoms with Gasteiger partial charge in [0, 0.05) is 43.2 Å². The number of carboxylic acid groups (broad SMARTS) is 1. The van der Waals surface area contributed by atoms with Gasteiger partial charge >= 0.3 is 5.97 Å². The number of hydrogen-bond acceptors (Lipinski definition) is 9. The number of carbonyl (C=O) groups is 5. The molecule has 2 aromatic rings. The van der Waals surface area contributed by atoms with Gasteiger partial charge in [0.1, 0.15) is 18.1 Å². The van der Waals surface area contributed by atoms with Crippen molar-refractivity contribution in [1.82, 2.24) is 35.9 Å². The molecular formula is C22H34N12O6. The molecule has 4 unspecified atom stereocenters. The number of aromatic amines is 2. The van der Waals surface area contributed by atoms with Gasteiger partial charge in [0.2, 0.25) is 23.6 Å². The number of aromatic nitrogens is 4. The molecule has 0 radical (unpaired) electrons. The second-order valence-corrected chi connectivity index (χ2v) is 8.81. The second-order valence-electron chi connectivity index (χ2n) is 8.81. The SMILES string of the molecule is NC(=O)CC(NC(=O)C(Cc1cnc[nH]1)NC(=O)C(CCCN=C(N)N)NC(=O)C(N)Cc1cnc[nH]1)C(=O)O. The summed E-state index contributed by atoms with van der Waals surface area (Å²) in [5.74, 6) is -4.89. The van der Waals surface area contributed by atoms with E-state index in [1.54, 1.807) is 0 Å². The molecule has 0 fully saturated rings. The lowest BCUT2D eigenvalue weighted by Crippen LogP contribution is -2.58. The molecule has 14 N–H and O–H groups in total. The third-order valence-corrected chi connectivity index (χ3v) is 5.54. The van der Waals surface area contributed by atoms with Gasteiger partial charge in [0.25, 0.3) is 0 Å². The summed E-state index contributed by atoms with van der Waals surface area (Å²) in [6, 6.07) is -5.13. The van der Waals surface area contributed by atoms with Gasteiger partial charge in [-0.1, -0.05) is 0 Å². The van der Waals surface area contributed by atoms with Crippen LogP contribution in [0.3, 0.4) is 0 Å². The van der Waals surface area contributed by atoms with Crippen molar-refractivity contribution in [2.45, 2.75) is 56.3 Å². The maximum absolute atomic E-state index is 13.3. The first-order chi connectivity index (χ1) is 19.0. The Morgan fingerprint density at radius 1 is 0.850 bits per heavy atom. The van der Waals surface area contributed by atoms with Crippen LogP contribution in [0, 0.1) is 0 Å². The fourth-order valence-corrected chi connectivity index (χ4v) is 3.55. The highest BCUT2D eigenvalue weighted by atomic mass is 16.4. The minimum atomic E-state index is -1.62. The maximum atomic E-state index is 13.3. The first-order valence-electron chi connectivity index (χ1n) is 12.1. The average molecular weight is 563 g/mol. The van der Waals surface area contributed by atoms with Crippen LogP contribution < -0.4 is 38.9 Å². The molecule has 0 saturated carbocycles. The number of guanidine groups is 1.